The molecule has 0 aliphatic carbocycles. The van der Waals surface area contributed by atoms with Crippen LogP contribution in [0.1, 0.15) is 11.3 Å². The van der Waals surface area contributed by atoms with Gasteiger partial charge in [0, 0.05) is 5.56 Å². The number of aromatic amines is 1. The number of hydrogen-bond donors (Lipinski definition) is 1. The molecule has 0 radical (unpaired) electrons. The highest BCUT2D eigenvalue weighted by Crippen LogP contribution is 2.37. The fourth-order valence-electron chi connectivity index (χ4n) is 3.26. The smallest absolute Gasteiger partial charge is 0.304 e. The molecular weight excluding hydrogens is 393 g/mol. The standard InChI is InChI=1S/C23H15F3N2O2/c24-17-11-13-18(14-12-17)28-21(29)19(15-7-3-1-4-8-15)20(27-22(28)30)23(25,26)16-9-5-2-6-10-16/h1-14H,(H,27,30). The molecule has 7 heteroatoms. The maximum absolute atomic E-state index is 15.4. The molecule has 30 heavy (non-hydrogen) atoms. The molecule has 0 spiro atoms. The van der Waals surface area contributed by atoms with Gasteiger partial charge in [-0.15, -0.1) is 0 Å². The number of nitrogens with zero attached hydrogens (tertiary/aromatic N) is 1. The highest BCUT2D eigenvalue weighted by atomic mass is 19.3. The second kappa shape index (κ2) is 7.51. The van der Waals surface area contributed by atoms with Crippen molar-refractivity contribution < 1.29 is 13.2 Å². The molecule has 0 saturated heterocycles. The van der Waals surface area contributed by atoms with E-state index in [4.69, 9.17) is 0 Å². The normalized spacial score (nSPS) is 11.4. The Morgan fingerprint density at radius 1 is 0.767 bits per heavy atom. The van der Waals surface area contributed by atoms with E-state index in [-0.39, 0.29) is 22.4 Å². The van der Waals surface area contributed by atoms with E-state index in [0.29, 0.717) is 4.57 Å². The van der Waals surface area contributed by atoms with Crippen molar-refractivity contribution in [3.63, 3.8) is 0 Å². The maximum Gasteiger partial charge on any atom is 0.333 e. The van der Waals surface area contributed by atoms with E-state index in [2.05, 4.69) is 4.98 Å². The van der Waals surface area contributed by atoms with Gasteiger partial charge in [0.05, 0.1) is 11.3 Å². The lowest BCUT2D eigenvalue weighted by Crippen LogP contribution is -2.38. The third-order valence-corrected chi connectivity index (χ3v) is 4.70. The summed E-state index contributed by atoms with van der Waals surface area (Å²) in [5, 5.41) is 0. The lowest BCUT2D eigenvalue weighted by Gasteiger charge is -2.21. The van der Waals surface area contributed by atoms with E-state index < -0.39 is 28.7 Å². The first kappa shape index (κ1) is 19.4. The van der Waals surface area contributed by atoms with Crippen LogP contribution in [0.2, 0.25) is 0 Å². The van der Waals surface area contributed by atoms with Crippen molar-refractivity contribution in [3.05, 3.63) is 123 Å². The van der Waals surface area contributed by atoms with Gasteiger partial charge in [-0.25, -0.2) is 13.8 Å². The fraction of sp³-hybridized carbons (Fsp3) is 0.0435. The molecule has 0 unspecified atom stereocenters. The third-order valence-electron chi connectivity index (χ3n) is 4.70. The lowest BCUT2D eigenvalue weighted by molar-refractivity contribution is 0.0380. The van der Waals surface area contributed by atoms with E-state index in [1.54, 1.807) is 24.3 Å². The summed E-state index contributed by atoms with van der Waals surface area (Å²) in [7, 11) is 0. The molecule has 4 aromatic rings. The van der Waals surface area contributed by atoms with Crippen LogP contribution in [0, 0.1) is 5.82 Å². The van der Waals surface area contributed by atoms with Crippen LogP contribution in [0.4, 0.5) is 13.2 Å². The zero-order valence-corrected chi connectivity index (χ0v) is 15.5. The SMILES string of the molecule is O=c1[nH]c(C(F)(F)c2ccccc2)c(-c2ccccc2)c(=O)n1-c1ccc(F)cc1. The van der Waals surface area contributed by atoms with E-state index >= 15 is 8.78 Å². The minimum Gasteiger partial charge on any atom is -0.304 e. The number of aromatic nitrogens is 2. The summed E-state index contributed by atoms with van der Waals surface area (Å²) in [4.78, 5) is 28.2. The fourth-order valence-corrected chi connectivity index (χ4v) is 3.26. The molecule has 1 heterocycles. The number of nitrogens with one attached hydrogen (secondary N) is 1. The van der Waals surface area contributed by atoms with Gasteiger partial charge >= 0.3 is 11.6 Å². The van der Waals surface area contributed by atoms with Gasteiger partial charge < -0.3 is 4.98 Å². The number of H-pyrrole nitrogens is 1. The minimum atomic E-state index is -3.63. The first-order valence-corrected chi connectivity index (χ1v) is 9.04. The molecular formula is C23H15F3N2O2. The molecule has 4 rings (SSSR count). The van der Waals surface area contributed by atoms with Gasteiger partial charge in [0.25, 0.3) is 5.56 Å². The van der Waals surface area contributed by atoms with Crippen LogP contribution in [-0.2, 0) is 5.92 Å². The molecule has 0 aliphatic heterocycles. The molecule has 1 N–H and O–H groups in total. The summed E-state index contributed by atoms with van der Waals surface area (Å²) in [5.74, 6) is -4.19. The molecule has 3 aromatic carbocycles. The summed E-state index contributed by atoms with van der Waals surface area (Å²) in [6, 6.07) is 19.5. The van der Waals surface area contributed by atoms with E-state index in [0.717, 1.165) is 12.1 Å². The summed E-state index contributed by atoms with van der Waals surface area (Å²) in [6.45, 7) is 0. The Kier molecular flexibility index (Phi) is 4.87. The number of benzene rings is 3. The molecule has 0 aliphatic rings. The predicted molar refractivity (Wildman–Crippen MR) is 107 cm³/mol. The van der Waals surface area contributed by atoms with Gasteiger partial charge in [-0.1, -0.05) is 60.7 Å². The molecule has 1 aromatic heterocycles. The van der Waals surface area contributed by atoms with Crippen LogP contribution in [0.25, 0.3) is 16.8 Å². The van der Waals surface area contributed by atoms with Gasteiger partial charge in [-0.3, -0.25) is 4.79 Å². The maximum atomic E-state index is 15.4. The van der Waals surface area contributed by atoms with Crippen LogP contribution >= 0.6 is 0 Å². The third kappa shape index (κ3) is 3.34. The van der Waals surface area contributed by atoms with Crippen molar-refractivity contribution in [2.75, 3.05) is 0 Å². The quantitative estimate of drug-likeness (QED) is 0.542. The van der Waals surface area contributed by atoms with Crippen LogP contribution in [0.3, 0.4) is 0 Å². The van der Waals surface area contributed by atoms with Crippen molar-refractivity contribution >= 4 is 0 Å². The average molecular weight is 408 g/mol. The van der Waals surface area contributed by atoms with Gasteiger partial charge in [0.2, 0.25) is 0 Å². The first-order valence-electron chi connectivity index (χ1n) is 9.04. The van der Waals surface area contributed by atoms with Crippen LogP contribution in [0.5, 0.6) is 0 Å². The highest BCUT2D eigenvalue weighted by molar-refractivity contribution is 5.67. The average Bonchev–Trinajstić information content (AvgIpc) is 2.76. The van der Waals surface area contributed by atoms with Crippen LogP contribution in [-0.4, -0.2) is 9.55 Å². The summed E-state index contributed by atoms with van der Waals surface area (Å²) in [5.41, 5.74) is -3.19. The Balaban J connectivity index is 2.06. The van der Waals surface area contributed by atoms with E-state index in [1.165, 1.54) is 48.5 Å². The molecule has 0 atom stereocenters. The van der Waals surface area contributed by atoms with Crippen molar-refractivity contribution in [2.45, 2.75) is 5.92 Å². The topological polar surface area (TPSA) is 54.9 Å². The van der Waals surface area contributed by atoms with E-state index in [1.807, 2.05) is 0 Å². The predicted octanol–water partition coefficient (Wildman–Crippen LogP) is 4.47. The largest absolute Gasteiger partial charge is 0.333 e. The zero-order valence-electron chi connectivity index (χ0n) is 15.5. The van der Waals surface area contributed by atoms with E-state index in [9.17, 15) is 14.0 Å². The molecule has 0 amide bonds. The molecule has 150 valence electrons. The Morgan fingerprint density at radius 3 is 1.93 bits per heavy atom. The first-order chi connectivity index (χ1) is 14.4. The summed E-state index contributed by atoms with van der Waals surface area (Å²) >= 11 is 0. The van der Waals surface area contributed by atoms with Crippen molar-refractivity contribution in [1.82, 2.24) is 9.55 Å². The minimum absolute atomic E-state index is 0.0643. The van der Waals surface area contributed by atoms with Crippen LogP contribution < -0.4 is 11.2 Å². The zero-order chi connectivity index (χ0) is 21.3. The molecule has 0 fully saturated rings. The Hall–Kier alpha value is -3.87. The van der Waals surface area contributed by atoms with Gasteiger partial charge in [0.1, 0.15) is 11.5 Å². The highest BCUT2D eigenvalue weighted by Gasteiger charge is 2.39. The number of hydrogen-bond acceptors (Lipinski definition) is 2. The number of alkyl halides is 2. The van der Waals surface area contributed by atoms with Crippen molar-refractivity contribution in [1.29, 1.82) is 0 Å². The number of rotatable bonds is 4. The van der Waals surface area contributed by atoms with Gasteiger partial charge in [-0.2, -0.15) is 8.78 Å². The van der Waals surface area contributed by atoms with Crippen molar-refractivity contribution in [2.24, 2.45) is 0 Å². The molecule has 4 nitrogen and oxygen atoms in total. The summed E-state index contributed by atoms with van der Waals surface area (Å²) < 4.78 is 44.8. The van der Waals surface area contributed by atoms with Crippen LogP contribution in [0.15, 0.2) is 94.5 Å². The Labute approximate surface area is 168 Å². The summed E-state index contributed by atoms with van der Waals surface area (Å²) in [6.07, 6.45) is 0. The van der Waals surface area contributed by atoms with Gasteiger partial charge in [-0.05, 0) is 29.8 Å². The molecule has 0 saturated carbocycles. The number of halogens is 3. The van der Waals surface area contributed by atoms with Crippen molar-refractivity contribution in [3.8, 4) is 16.8 Å². The molecule has 0 bridgehead atoms. The Morgan fingerprint density at radius 2 is 1.33 bits per heavy atom. The van der Waals surface area contributed by atoms with Gasteiger partial charge in [0.15, 0.2) is 0 Å². The lowest BCUT2D eigenvalue weighted by atomic mass is 9.97. The Bertz CT molecular complexity index is 1300. The second-order valence-corrected chi connectivity index (χ2v) is 6.60. The monoisotopic (exact) mass is 408 g/mol. The second-order valence-electron chi connectivity index (χ2n) is 6.60.